The van der Waals surface area contributed by atoms with Crippen LogP contribution in [0.4, 0.5) is 5.69 Å². The topological polar surface area (TPSA) is 96.7 Å². The summed E-state index contributed by atoms with van der Waals surface area (Å²) < 4.78 is 1.76. The number of nitriles is 1. The minimum absolute atomic E-state index is 0.144. The summed E-state index contributed by atoms with van der Waals surface area (Å²) in [5.74, 6) is 0.565. The van der Waals surface area contributed by atoms with Crippen LogP contribution in [-0.4, -0.2) is 22.0 Å². The van der Waals surface area contributed by atoms with Gasteiger partial charge in [-0.25, -0.2) is 4.98 Å². The average Bonchev–Trinajstić information content (AvgIpc) is 2.88. The molecule has 0 aliphatic rings. The van der Waals surface area contributed by atoms with Gasteiger partial charge in [-0.05, 0) is 24.3 Å². The van der Waals surface area contributed by atoms with E-state index in [1.807, 2.05) is 18.2 Å². The average molecular weight is 269 g/mol. The Bertz CT molecular complexity index is 624. The van der Waals surface area contributed by atoms with Crippen LogP contribution in [-0.2, 0) is 11.3 Å². The van der Waals surface area contributed by atoms with Crippen molar-refractivity contribution in [2.45, 2.75) is 13.0 Å². The first-order valence-corrected chi connectivity index (χ1v) is 6.21. The van der Waals surface area contributed by atoms with Gasteiger partial charge in [0.2, 0.25) is 5.91 Å². The van der Waals surface area contributed by atoms with E-state index >= 15 is 0 Å². The number of hydrogen-bond donors (Lipinski definition) is 2. The van der Waals surface area contributed by atoms with Crippen LogP contribution in [0.15, 0.2) is 36.7 Å². The fraction of sp³-hybridized carbons (Fsp3) is 0.214. The van der Waals surface area contributed by atoms with Crippen molar-refractivity contribution in [3.63, 3.8) is 0 Å². The predicted octanol–water partition coefficient (Wildman–Crippen LogP) is 1.16. The van der Waals surface area contributed by atoms with Crippen LogP contribution in [0.5, 0.6) is 0 Å². The van der Waals surface area contributed by atoms with Crippen LogP contribution < -0.4 is 11.1 Å². The molecule has 0 saturated carbocycles. The van der Waals surface area contributed by atoms with Gasteiger partial charge in [0.25, 0.3) is 0 Å². The first-order valence-electron chi connectivity index (χ1n) is 6.21. The first kappa shape index (κ1) is 13.6. The van der Waals surface area contributed by atoms with Crippen molar-refractivity contribution in [3.8, 4) is 17.5 Å². The van der Waals surface area contributed by atoms with Crippen LogP contribution in [0.3, 0.4) is 0 Å². The van der Waals surface area contributed by atoms with Gasteiger partial charge in [-0.1, -0.05) is 0 Å². The Morgan fingerprint density at radius 1 is 1.40 bits per heavy atom. The number of carbonyl (C=O) groups excluding carboxylic acids is 1. The molecule has 0 aliphatic carbocycles. The molecule has 0 spiro atoms. The lowest BCUT2D eigenvalue weighted by atomic mass is 10.2. The van der Waals surface area contributed by atoms with Crippen molar-refractivity contribution >= 4 is 11.6 Å². The molecule has 0 radical (unpaired) electrons. The van der Waals surface area contributed by atoms with E-state index in [4.69, 9.17) is 11.0 Å². The second-order valence-corrected chi connectivity index (χ2v) is 4.26. The zero-order chi connectivity index (χ0) is 14.4. The molecule has 3 N–H and O–H groups in total. The smallest absolute Gasteiger partial charge is 0.240 e. The number of benzene rings is 1. The highest BCUT2D eigenvalue weighted by molar-refractivity contribution is 5.76. The van der Waals surface area contributed by atoms with Crippen LogP contribution >= 0.6 is 0 Å². The fourth-order valence-electron chi connectivity index (χ4n) is 1.80. The van der Waals surface area contributed by atoms with Gasteiger partial charge in [-0.15, -0.1) is 0 Å². The lowest BCUT2D eigenvalue weighted by Crippen LogP contribution is -2.28. The molecule has 1 heterocycles. The fourth-order valence-corrected chi connectivity index (χ4v) is 1.80. The summed E-state index contributed by atoms with van der Waals surface area (Å²) in [5.41, 5.74) is 7.23. The maximum absolute atomic E-state index is 11.7. The number of imidazole rings is 1. The van der Waals surface area contributed by atoms with E-state index in [1.54, 1.807) is 29.1 Å². The third kappa shape index (κ3) is 3.36. The zero-order valence-corrected chi connectivity index (χ0v) is 10.9. The van der Waals surface area contributed by atoms with Crippen molar-refractivity contribution < 1.29 is 4.79 Å². The number of hydrogen-bond acceptors (Lipinski definition) is 4. The molecule has 0 saturated heterocycles. The number of carbonyl (C=O) groups is 1. The molecular formula is C14H15N5O. The van der Waals surface area contributed by atoms with Gasteiger partial charge in [-0.3, -0.25) is 4.79 Å². The molecule has 2 rings (SSSR count). The minimum atomic E-state index is -0.144. The molecule has 20 heavy (non-hydrogen) atoms. The Kier molecular flexibility index (Phi) is 4.35. The van der Waals surface area contributed by atoms with Crippen molar-refractivity contribution in [1.29, 1.82) is 5.26 Å². The van der Waals surface area contributed by atoms with E-state index in [-0.39, 0.29) is 12.5 Å². The third-order valence-corrected chi connectivity index (χ3v) is 2.76. The standard InChI is InChI=1S/C14H15N5O/c15-6-1-7-17-13(20)10-19-9-8-18-14(19)11-2-4-12(16)5-3-11/h2-5,8-9H,1,7,10,16H2,(H,17,20). The number of aromatic nitrogens is 2. The lowest BCUT2D eigenvalue weighted by Gasteiger charge is -2.08. The second-order valence-electron chi connectivity index (χ2n) is 4.26. The number of anilines is 1. The minimum Gasteiger partial charge on any atom is -0.399 e. The Morgan fingerprint density at radius 2 is 2.15 bits per heavy atom. The number of amides is 1. The van der Waals surface area contributed by atoms with E-state index in [2.05, 4.69) is 10.3 Å². The number of nitrogens with two attached hydrogens (primary N) is 1. The molecule has 0 unspecified atom stereocenters. The number of nitrogens with zero attached hydrogens (tertiary/aromatic N) is 3. The maximum atomic E-state index is 11.7. The van der Waals surface area contributed by atoms with Crippen LogP contribution in [0.25, 0.3) is 11.4 Å². The van der Waals surface area contributed by atoms with Crippen LogP contribution in [0.1, 0.15) is 6.42 Å². The summed E-state index contributed by atoms with van der Waals surface area (Å²) in [5, 5.41) is 11.1. The van der Waals surface area contributed by atoms with Gasteiger partial charge in [0, 0.05) is 30.2 Å². The Balaban J connectivity index is 2.07. The number of nitrogen functional groups attached to an aromatic ring is 1. The Morgan fingerprint density at radius 3 is 2.85 bits per heavy atom. The summed E-state index contributed by atoms with van der Waals surface area (Å²) in [7, 11) is 0. The largest absolute Gasteiger partial charge is 0.399 e. The molecule has 1 aromatic carbocycles. The zero-order valence-electron chi connectivity index (χ0n) is 10.9. The van der Waals surface area contributed by atoms with Crippen molar-refractivity contribution in [1.82, 2.24) is 14.9 Å². The Hall–Kier alpha value is -2.81. The first-order chi connectivity index (χ1) is 9.70. The van der Waals surface area contributed by atoms with Gasteiger partial charge in [0.1, 0.15) is 12.4 Å². The third-order valence-electron chi connectivity index (χ3n) is 2.76. The van der Waals surface area contributed by atoms with E-state index in [1.165, 1.54) is 0 Å². The normalized spacial score (nSPS) is 9.95. The molecular weight excluding hydrogens is 254 g/mol. The number of rotatable bonds is 5. The van der Waals surface area contributed by atoms with Crippen LogP contribution in [0.2, 0.25) is 0 Å². The quantitative estimate of drug-likeness (QED) is 0.628. The lowest BCUT2D eigenvalue weighted by molar-refractivity contribution is -0.121. The molecule has 0 bridgehead atoms. The summed E-state index contributed by atoms with van der Waals surface area (Å²) in [6.07, 6.45) is 3.70. The maximum Gasteiger partial charge on any atom is 0.240 e. The highest BCUT2D eigenvalue weighted by Gasteiger charge is 2.09. The van der Waals surface area contributed by atoms with Crippen LogP contribution in [0, 0.1) is 11.3 Å². The summed E-state index contributed by atoms with van der Waals surface area (Å²) >= 11 is 0. The van der Waals surface area contributed by atoms with E-state index in [0.29, 0.717) is 24.5 Å². The monoisotopic (exact) mass is 269 g/mol. The second kappa shape index (κ2) is 6.38. The van der Waals surface area contributed by atoms with Crippen molar-refractivity contribution in [3.05, 3.63) is 36.7 Å². The van der Waals surface area contributed by atoms with Crippen molar-refractivity contribution in [2.24, 2.45) is 0 Å². The molecule has 102 valence electrons. The highest BCUT2D eigenvalue weighted by Crippen LogP contribution is 2.18. The molecule has 0 fully saturated rings. The number of nitrogens with one attached hydrogen (secondary N) is 1. The van der Waals surface area contributed by atoms with Crippen molar-refractivity contribution in [2.75, 3.05) is 12.3 Å². The van der Waals surface area contributed by atoms with E-state index < -0.39 is 0 Å². The van der Waals surface area contributed by atoms with Gasteiger partial charge < -0.3 is 15.6 Å². The van der Waals surface area contributed by atoms with Gasteiger partial charge in [-0.2, -0.15) is 5.26 Å². The summed E-state index contributed by atoms with van der Waals surface area (Å²) in [6.45, 7) is 0.534. The highest BCUT2D eigenvalue weighted by atomic mass is 16.1. The summed E-state index contributed by atoms with van der Waals surface area (Å²) in [4.78, 5) is 16.0. The van der Waals surface area contributed by atoms with Gasteiger partial charge >= 0.3 is 0 Å². The summed E-state index contributed by atoms with van der Waals surface area (Å²) in [6, 6.07) is 9.29. The van der Waals surface area contributed by atoms with E-state index in [0.717, 1.165) is 5.56 Å². The molecule has 1 amide bonds. The molecule has 0 aliphatic heterocycles. The Labute approximate surface area is 116 Å². The predicted molar refractivity (Wildman–Crippen MR) is 75.3 cm³/mol. The van der Waals surface area contributed by atoms with Gasteiger partial charge in [0.05, 0.1) is 12.5 Å². The molecule has 0 atom stereocenters. The molecule has 6 nitrogen and oxygen atoms in total. The van der Waals surface area contributed by atoms with E-state index in [9.17, 15) is 4.79 Å². The SMILES string of the molecule is N#CCCNC(=O)Cn1ccnc1-c1ccc(N)cc1. The van der Waals surface area contributed by atoms with Gasteiger partial charge in [0.15, 0.2) is 0 Å². The molecule has 6 heteroatoms. The molecule has 2 aromatic rings. The molecule has 1 aromatic heterocycles.